The molecule has 0 aliphatic carbocycles. The highest BCUT2D eigenvalue weighted by atomic mass is 35.5. The minimum Gasteiger partial charge on any atom is -0.397 e. The highest BCUT2D eigenvalue weighted by Gasteiger charge is 2.30. The van der Waals surface area contributed by atoms with Gasteiger partial charge in [-0.3, -0.25) is 19.1 Å². The second kappa shape index (κ2) is 13.0. The number of carbonyl (C=O) groups excluding carboxylic acids is 1. The third kappa shape index (κ3) is 5.81. The first-order chi connectivity index (χ1) is 21.4. The zero-order valence-electron chi connectivity index (χ0n) is 24.7. The number of benzene rings is 1. The Balaban J connectivity index is 1.88. The molecule has 1 aromatic carbocycles. The third-order valence-corrected chi connectivity index (χ3v) is 8.93. The number of hydrogen-bond acceptors (Lipinski definition) is 8. The molecule has 0 bridgehead atoms. The Bertz CT molecular complexity index is 1930. The summed E-state index contributed by atoms with van der Waals surface area (Å²) in [5.41, 5.74) is 7.22. The molecule has 1 fully saturated rings. The zero-order valence-corrected chi connectivity index (χ0v) is 27.8. The van der Waals surface area contributed by atoms with Crippen LogP contribution in [0.25, 0.3) is 28.0 Å². The lowest BCUT2D eigenvalue weighted by atomic mass is 10.0. The number of nitriles is 1. The highest BCUT2D eigenvalue weighted by molar-refractivity contribution is 7.80. The van der Waals surface area contributed by atoms with E-state index in [2.05, 4.69) is 23.7 Å². The first-order valence-electron chi connectivity index (χ1n) is 14.1. The number of halogens is 4. The van der Waals surface area contributed by atoms with E-state index >= 15 is 4.39 Å². The molecule has 5 rings (SSSR count). The van der Waals surface area contributed by atoms with E-state index in [-0.39, 0.29) is 55.0 Å². The number of piperazine rings is 1. The number of carbonyl (C=O) groups is 1. The molecule has 4 heterocycles. The number of pyridine rings is 3. The Morgan fingerprint density at radius 3 is 2.44 bits per heavy atom. The molecule has 0 atom stereocenters. The molecular weight excluding hydrogens is 660 g/mol. The van der Waals surface area contributed by atoms with Gasteiger partial charge in [0.1, 0.15) is 17.3 Å². The van der Waals surface area contributed by atoms with Crippen molar-refractivity contribution < 1.29 is 9.18 Å². The van der Waals surface area contributed by atoms with Crippen molar-refractivity contribution in [2.45, 2.75) is 33.1 Å². The van der Waals surface area contributed by atoms with Gasteiger partial charge < -0.3 is 15.5 Å². The lowest BCUT2D eigenvalue weighted by Crippen LogP contribution is -2.49. The van der Waals surface area contributed by atoms with E-state index in [9.17, 15) is 14.9 Å². The number of thiol groups is 1. The summed E-state index contributed by atoms with van der Waals surface area (Å²) < 4.78 is 16.9. The first kappa shape index (κ1) is 32.8. The number of aromatic nitrogens is 3. The molecule has 1 saturated heterocycles. The normalized spacial score (nSPS) is 13.5. The molecule has 0 radical (unpaired) electrons. The summed E-state index contributed by atoms with van der Waals surface area (Å²) in [6.07, 6.45) is 1.96. The average Bonchev–Trinajstić information content (AvgIpc) is 3.00. The number of nitrogen functional groups attached to an aromatic ring is 1. The molecule has 0 saturated carbocycles. The van der Waals surface area contributed by atoms with Crippen molar-refractivity contribution in [3.8, 4) is 23.0 Å². The summed E-state index contributed by atoms with van der Waals surface area (Å²) in [4.78, 5) is 39.9. The SMILES string of the molecule is Cc1ccnc(C(C)C)c1-n1c(=O)c(C#N)c(N2CCN(C(=O)CCS)CC2)c2cc(Cl)c(-c3c(N)c(Cl)cc(Cl)c3F)nc21. The Labute approximate surface area is 279 Å². The summed E-state index contributed by atoms with van der Waals surface area (Å²) in [6, 6.07) is 6.60. The molecule has 9 nitrogen and oxygen atoms in total. The van der Waals surface area contributed by atoms with Gasteiger partial charge in [-0.2, -0.15) is 17.9 Å². The van der Waals surface area contributed by atoms with E-state index in [1.54, 1.807) is 17.2 Å². The van der Waals surface area contributed by atoms with Crippen LogP contribution in [0, 0.1) is 24.1 Å². The number of anilines is 2. The van der Waals surface area contributed by atoms with Gasteiger partial charge >= 0.3 is 0 Å². The Morgan fingerprint density at radius 2 is 1.82 bits per heavy atom. The van der Waals surface area contributed by atoms with Crippen molar-refractivity contribution in [2.75, 3.05) is 42.6 Å². The largest absolute Gasteiger partial charge is 0.397 e. The van der Waals surface area contributed by atoms with E-state index in [1.165, 1.54) is 16.7 Å². The number of amides is 1. The molecule has 2 N–H and O–H groups in total. The molecule has 3 aromatic heterocycles. The zero-order chi connectivity index (χ0) is 32.7. The predicted octanol–water partition coefficient (Wildman–Crippen LogP) is 6.40. The van der Waals surface area contributed by atoms with Crippen LogP contribution < -0.4 is 16.2 Å². The van der Waals surface area contributed by atoms with Crippen LogP contribution in [0.4, 0.5) is 15.8 Å². The lowest BCUT2D eigenvalue weighted by Gasteiger charge is -2.37. The summed E-state index contributed by atoms with van der Waals surface area (Å²) in [7, 11) is 0. The summed E-state index contributed by atoms with van der Waals surface area (Å²) in [5, 5.41) is 10.5. The number of aryl methyl sites for hydroxylation is 1. The van der Waals surface area contributed by atoms with E-state index in [1.807, 2.05) is 25.7 Å². The fourth-order valence-corrected chi connectivity index (χ4v) is 6.54. The lowest BCUT2D eigenvalue weighted by molar-refractivity contribution is -0.131. The van der Waals surface area contributed by atoms with Crippen LogP contribution in [0.2, 0.25) is 15.1 Å². The minimum absolute atomic E-state index is 0.00260. The van der Waals surface area contributed by atoms with Crippen molar-refractivity contribution in [2.24, 2.45) is 0 Å². The monoisotopic (exact) mass is 687 g/mol. The fraction of sp³-hybridized carbons (Fsp3) is 0.323. The van der Waals surface area contributed by atoms with Crippen molar-refractivity contribution in [3.63, 3.8) is 0 Å². The van der Waals surface area contributed by atoms with E-state index < -0.39 is 11.4 Å². The van der Waals surface area contributed by atoms with Crippen LogP contribution in [-0.2, 0) is 4.79 Å². The summed E-state index contributed by atoms with van der Waals surface area (Å²) >= 11 is 23.4. The highest BCUT2D eigenvalue weighted by Crippen LogP contribution is 2.43. The van der Waals surface area contributed by atoms with Gasteiger partial charge in [0.05, 0.1) is 49.1 Å². The van der Waals surface area contributed by atoms with Gasteiger partial charge in [-0.1, -0.05) is 48.7 Å². The van der Waals surface area contributed by atoms with Crippen molar-refractivity contribution >= 4 is 75.7 Å². The van der Waals surface area contributed by atoms with Crippen LogP contribution in [-0.4, -0.2) is 57.3 Å². The summed E-state index contributed by atoms with van der Waals surface area (Å²) in [6.45, 7) is 7.15. The van der Waals surface area contributed by atoms with Crippen LogP contribution >= 0.6 is 47.4 Å². The maximum Gasteiger partial charge on any atom is 0.276 e. The fourth-order valence-electron chi connectivity index (χ4n) is 5.64. The molecule has 0 spiro atoms. The van der Waals surface area contributed by atoms with Gasteiger partial charge in [0, 0.05) is 44.2 Å². The standard InChI is InChI=1S/C31H29Cl3FN7O2S/c1-15(2)26-28(16(3)4-6-38-26)42-30-17(12-21(34)27(39-30)23-24(35)19(32)13-20(33)25(23)37)29(18(14-36)31(42)44)41-9-7-40(8-10-41)22(43)5-11-45/h4,6,12-13,15,45H,5,7-11,37H2,1-3H3. The minimum atomic E-state index is -0.877. The maximum atomic E-state index is 15.6. The van der Waals surface area contributed by atoms with Crippen LogP contribution in [0.1, 0.15) is 43.0 Å². The molecule has 1 amide bonds. The Hall–Kier alpha value is -3.56. The Morgan fingerprint density at radius 1 is 1.13 bits per heavy atom. The number of fused-ring (bicyclic) bond motifs is 1. The van der Waals surface area contributed by atoms with E-state index in [0.717, 1.165) is 0 Å². The van der Waals surface area contributed by atoms with Crippen molar-refractivity contribution in [3.05, 3.63) is 72.5 Å². The molecule has 14 heteroatoms. The molecule has 234 valence electrons. The number of nitrogens with zero attached hydrogens (tertiary/aromatic N) is 6. The third-order valence-electron chi connectivity index (χ3n) is 7.83. The molecule has 0 unspecified atom stereocenters. The predicted molar refractivity (Wildman–Crippen MR) is 181 cm³/mol. The molecule has 1 aliphatic rings. The van der Waals surface area contributed by atoms with Gasteiger partial charge in [0.25, 0.3) is 5.56 Å². The maximum absolute atomic E-state index is 15.6. The van der Waals surface area contributed by atoms with Gasteiger partial charge in [-0.15, -0.1) is 0 Å². The summed E-state index contributed by atoms with van der Waals surface area (Å²) in [5.74, 6) is -0.575. The van der Waals surface area contributed by atoms with Gasteiger partial charge in [0.2, 0.25) is 5.91 Å². The number of nitrogens with two attached hydrogens (primary N) is 1. The van der Waals surface area contributed by atoms with Gasteiger partial charge in [0.15, 0.2) is 5.82 Å². The molecule has 45 heavy (non-hydrogen) atoms. The Kier molecular flexibility index (Phi) is 9.52. The smallest absolute Gasteiger partial charge is 0.276 e. The second-order valence-electron chi connectivity index (χ2n) is 11.0. The first-order valence-corrected chi connectivity index (χ1v) is 15.9. The quantitative estimate of drug-likeness (QED) is 0.137. The van der Waals surface area contributed by atoms with E-state index in [4.69, 9.17) is 45.5 Å². The van der Waals surface area contributed by atoms with E-state index in [0.29, 0.717) is 66.4 Å². The molecule has 4 aromatic rings. The topological polar surface area (TPSA) is 121 Å². The van der Waals surface area contributed by atoms with Crippen LogP contribution in [0.5, 0.6) is 0 Å². The molecule has 1 aliphatic heterocycles. The second-order valence-corrected chi connectivity index (χ2v) is 12.6. The number of rotatable bonds is 6. The average molecular weight is 689 g/mol. The van der Waals surface area contributed by atoms with Crippen LogP contribution in [0.3, 0.4) is 0 Å². The number of hydrogen-bond donors (Lipinski definition) is 2. The van der Waals surface area contributed by atoms with Gasteiger partial charge in [-0.05, 0) is 42.4 Å². The van der Waals surface area contributed by atoms with Crippen LogP contribution in [0.15, 0.2) is 29.2 Å². The van der Waals surface area contributed by atoms with Crippen molar-refractivity contribution in [1.29, 1.82) is 5.26 Å². The molecular formula is C31H29Cl3FN7O2S. The van der Waals surface area contributed by atoms with Gasteiger partial charge in [-0.25, -0.2) is 9.37 Å². The van der Waals surface area contributed by atoms with Crippen molar-refractivity contribution in [1.82, 2.24) is 19.4 Å².